The number of anilines is 1. The minimum atomic E-state index is -3.37. The van der Waals surface area contributed by atoms with Crippen molar-refractivity contribution >= 4 is 15.7 Å². The number of rotatable bonds is 10. The van der Waals surface area contributed by atoms with Gasteiger partial charge in [0.2, 0.25) is 10.0 Å². The van der Waals surface area contributed by atoms with Crippen molar-refractivity contribution in [2.45, 2.75) is 31.1 Å². The molecule has 0 aromatic heterocycles. The molecule has 1 aliphatic carbocycles. The third-order valence-corrected chi connectivity index (χ3v) is 4.81. The Kier molecular flexibility index (Phi) is 6.02. The molecule has 0 atom stereocenters. The average molecular weight is 312 g/mol. The Hall–Kier alpha value is -1.11. The molecule has 21 heavy (non-hydrogen) atoms. The highest BCUT2D eigenvalue weighted by Crippen LogP contribution is 2.28. The molecule has 5 nitrogen and oxygen atoms in total. The van der Waals surface area contributed by atoms with Crippen molar-refractivity contribution in [2.24, 2.45) is 5.92 Å². The van der Waals surface area contributed by atoms with E-state index < -0.39 is 10.0 Å². The molecule has 0 spiro atoms. The van der Waals surface area contributed by atoms with Crippen LogP contribution in [0.4, 0.5) is 5.69 Å². The molecule has 1 saturated carbocycles. The molecule has 0 amide bonds. The Morgan fingerprint density at radius 3 is 2.52 bits per heavy atom. The first-order valence-corrected chi connectivity index (χ1v) is 9.01. The van der Waals surface area contributed by atoms with Crippen molar-refractivity contribution in [3.05, 3.63) is 24.3 Å². The smallest absolute Gasteiger partial charge is 0.240 e. The highest BCUT2D eigenvalue weighted by Gasteiger charge is 2.20. The molecular formula is C15H24N2O3S. The molecule has 1 aromatic rings. The quantitative estimate of drug-likeness (QED) is 0.650. The largest absolute Gasteiger partial charge is 0.383 e. The summed E-state index contributed by atoms with van der Waals surface area (Å²) < 4.78 is 31.9. The molecule has 2 N–H and O–H groups in total. The Balaban J connectivity index is 1.75. The lowest BCUT2D eigenvalue weighted by Gasteiger charge is -2.09. The van der Waals surface area contributed by atoms with Crippen molar-refractivity contribution in [3.8, 4) is 0 Å². The van der Waals surface area contributed by atoms with Gasteiger partial charge in [-0.3, -0.25) is 0 Å². The zero-order valence-corrected chi connectivity index (χ0v) is 13.3. The van der Waals surface area contributed by atoms with E-state index >= 15 is 0 Å². The second kappa shape index (κ2) is 7.77. The minimum absolute atomic E-state index is 0.298. The third kappa shape index (κ3) is 5.65. The average Bonchev–Trinajstić information content (AvgIpc) is 3.29. The van der Waals surface area contributed by atoms with Gasteiger partial charge < -0.3 is 10.1 Å². The van der Waals surface area contributed by atoms with Crippen LogP contribution in [0.3, 0.4) is 0 Å². The fourth-order valence-electron chi connectivity index (χ4n) is 1.87. The minimum Gasteiger partial charge on any atom is -0.383 e. The van der Waals surface area contributed by atoms with E-state index in [1.54, 1.807) is 24.3 Å². The molecule has 0 unspecified atom stereocenters. The summed E-state index contributed by atoms with van der Waals surface area (Å²) in [5.74, 6) is 0.783. The predicted molar refractivity (Wildman–Crippen MR) is 84.0 cm³/mol. The zero-order chi connectivity index (χ0) is 15.1. The second-order valence-electron chi connectivity index (χ2n) is 5.37. The first-order chi connectivity index (χ1) is 10.1. The van der Waals surface area contributed by atoms with Gasteiger partial charge in [0, 0.05) is 25.4 Å². The van der Waals surface area contributed by atoms with Crippen LogP contribution in [0.25, 0.3) is 0 Å². The van der Waals surface area contributed by atoms with Crippen molar-refractivity contribution < 1.29 is 13.2 Å². The van der Waals surface area contributed by atoms with E-state index in [1.807, 2.05) is 6.92 Å². The van der Waals surface area contributed by atoms with Crippen LogP contribution >= 0.6 is 0 Å². The maximum Gasteiger partial charge on any atom is 0.240 e. The summed E-state index contributed by atoms with van der Waals surface area (Å²) in [5.41, 5.74) is 0.902. The molecule has 0 radical (unpaired) electrons. The summed E-state index contributed by atoms with van der Waals surface area (Å²) in [6, 6.07) is 6.79. The van der Waals surface area contributed by atoms with Gasteiger partial charge in [-0.05, 0) is 49.4 Å². The Labute approximate surface area is 127 Å². The molecule has 2 rings (SSSR count). The molecule has 1 aliphatic rings. The molecule has 118 valence electrons. The van der Waals surface area contributed by atoms with Gasteiger partial charge in [-0.1, -0.05) is 6.92 Å². The molecule has 6 heteroatoms. The molecule has 0 bridgehead atoms. The summed E-state index contributed by atoms with van der Waals surface area (Å²) in [6.45, 7) is 4.66. The number of benzene rings is 1. The number of hydrogen-bond acceptors (Lipinski definition) is 4. The summed E-state index contributed by atoms with van der Waals surface area (Å²) in [7, 11) is -3.37. The van der Waals surface area contributed by atoms with Gasteiger partial charge in [0.25, 0.3) is 0 Å². The van der Waals surface area contributed by atoms with E-state index in [2.05, 4.69) is 10.0 Å². The first-order valence-electron chi connectivity index (χ1n) is 7.53. The first kappa shape index (κ1) is 16.3. The SMILES string of the molecule is CCCNS(=O)(=O)c1ccc(NCCOCC2CC2)cc1. The van der Waals surface area contributed by atoms with Crippen molar-refractivity contribution in [2.75, 3.05) is 31.6 Å². The van der Waals surface area contributed by atoms with Crippen LogP contribution in [-0.2, 0) is 14.8 Å². The van der Waals surface area contributed by atoms with Gasteiger partial charge in [-0.15, -0.1) is 0 Å². The van der Waals surface area contributed by atoms with E-state index in [0.717, 1.165) is 31.2 Å². The van der Waals surface area contributed by atoms with Gasteiger partial charge in [0.15, 0.2) is 0 Å². The summed E-state index contributed by atoms with van der Waals surface area (Å²) >= 11 is 0. The highest BCUT2D eigenvalue weighted by atomic mass is 32.2. The van der Waals surface area contributed by atoms with Crippen LogP contribution in [-0.4, -0.2) is 34.7 Å². The second-order valence-corrected chi connectivity index (χ2v) is 7.13. The number of hydrogen-bond donors (Lipinski definition) is 2. The Morgan fingerprint density at radius 2 is 1.90 bits per heavy atom. The summed E-state index contributed by atoms with van der Waals surface area (Å²) in [4.78, 5) is 0.298. The predicted octanol–water partition coefficient (Wildman–Crippen LogP) is 2.21. The van der Waals surface area contributed by atoms with E-state index in [9.17, 15) is 8.42 Å². The Bertz CT molecular complexity index is 524. The van der Waals surface area contributed by atoms with Crippen LogP contribution in [0, 0.1) is 5.92 Å². The third-order valence-electron chi connectivity index (χ3n) is 3.33. The Morgan fingerprint density at radius 1 is 1.19 bits per heavy atom. The molecule has 1 aromatic carbocycles. The van der Waals surface area contributed by atoms with Gasteiger partial charge in [-0.25, -0.2) is 13.1 Å². The van der Waals surface area contributed by atoms with Crippen LogP contribution < -0.4 is 10.0 Å². The topological polar surface area (TPSA) is 67.4 Å². The van der Waals surface area contributed by atoms with E-state index in [-0.39, 0.29) is 0 Å². The van der Waals surface area contributed by atoms with Gasteiger partial charge in [-0.2, -0.15) is 0 Å². The van der Waals surface area contributed by atoms with E-state index in [1.165, 1.54) is 12.8 Å². The van der Waals surface area contributed by atoms with Gasteiger partial charge >= 0.3 is 0 Å². The van der Waals surface area contributed by atoms with Crippen LogP contribution in [0.1, 0.15) is 26.2 Å². The molecule has 1 fully saturated rings. The van der Waals surface area contributed by atoms with Gasteiger partial charge in [0.1, 0.15) is 0 Å². The van der Waals surface area contributed by atoms with Crippen molar-refractivity contribution in [1.82, 2.24) is 4.72 Å². The van der Waals surface area contributed by atoms with Crippen LogP contribution in [0.2, 0.25) is 0 Å². The lowest BCUT2D eigenvalue weighted by atomic mass is 10.3. The van der Waals surface area contributed by atoms with E-state index in [0.29, 0.717) is 18.0 Å². The van der Waals surface area contributed by atoms with Crippen molar-refractivity contribution in [1.29, 1.82) is 0 Å². The van der Waals surface area contributed by atoms with E-state index in [4.69, 9.17) is 4.74 Å². The lowest BCUT2D eigenvalue weighted by Crippen LogP contribution is -2.24. The number of ether oxygens (including phenoxy) is 1. The molecule has 0 heterocycles. The molecule has 0 aliphatic heterocycles. The van der Waals surface area contributed by atoms with Crippen LogP contribution in [0.5, 0.6) is 0 Å². The fourth-order valence-corrected chi connectivity index (χ4v) is 3.01. The zero-order valence-electron chi connectivity index (χ0n) is 12.5. The maximum absolute atomic E-state index is 11.9. The molecular weight excluding hydrogens is 288 g/mol. The normalized spacial score (nSPS) is 15.1. The van der Waals surface area contributed by atoms with Crippen molar-refractivity contribution in [3.63, 3.8) is 0 Å². The van der Waals surface area contributed by atoms with Crippen LogP contribution in [0.15, 0.2) is 29.2 Å². The number of sulfonamides is 1. The fraction of sp³-hybridized carbons (Fsp3) is 0.600. The number of nitrogens with one attached hydrogen (secondary N) is 2. The monoisotopic (exact) mass is 312 g/mol. The maximum atomic E-state index is 11.9. The summed E-state index contributed by atoms with van der Waals surface area (Å²) in [5, 5.41) is 3.22. The standard InChI is InChI=1S/C15H24N2O3S/c1-2-9-17-21(18,19)15-7-5-14(6-8-15)16-10-11-20-12-13-3-4-13/h5-8,13,16-17H,2-4,9-12H2,1H3. The van der Waals surface area contributed by atoms with Gasteiger partial charge in [0.05, 0.1) is 11.5 Å². The molecule has 0 saturated heterocycles. The highest BCUT2D eigenvalue weighted by molar-refractivity contribution is 7.89. The summed E-state index contributed by atoms with van der Waals surface area (Å²) in [6.07, 6.45) is 3.38. The lowest BCUT2D eigenvalue weighted by molar-refractivity contribution is 0.134.